The number of pyridine rings is 2. The summed E-state index contributed by atoms with van der Waals surface area (Å²) in [6.07, 6.45) is 8.51. The second-order valence-corrected chi connectivity index (χ2v) is 9.61. The van der Waals surface area contributed by atoms with Crippen molar-refractivity contribution in [1.29, 1.82) is 0 Å². The van der Waals surface area contributed by atoms with Crippen LogP contribution in [0.25, 0.3) is 0 Å². The number of piperidine rings is 1. The van der Waals surface area contributed by atoms with Gasteiger partial charge in [-0.25, -0.2) is 9.97 Å². The van der Waals surface area contributed by atoms with Crippen molar-refractivity contribution in [1.82, 2.24) is 19.9 Å². The molecule has 31 heavy (non-hydrogen) atoms. The summed E-state index contributed by atoms with van der Waals surface area (Å²) in [6, 6.07) is 6.16. The molecule has 3 aromatic heterocycles. The maximum absolute atomic E-state index is 6.67. The third-order valence-electron chi connectivity index (χ3n) is 6.89. The van der Waals surface area contributed by atoms with Gasteiger partial charge in [0.15, 0.2) is 5.82 Å². The number of aryl methyl sites for hydroxylation is 1. The van der Waals surface area contributed by atoms with Crippen molar-refractivity contribution < 1.29 is 0 Å². The van der Waals surface area contributed by atoms with E-state index in [1.165, 1.54) is 17.3 Å². The molecule has 1 saturated heterocycles. The molecule has 0 radical (unpaired) electrons. The minimum atomic E-state index is 0.0559. The summed E-state index contributed by atoms with van der Waals surface area (Å²) >= 11 is 1.54. The van der Waals surface area contributed by atoms with E-state index in [-0.39, 0.29) is 11.5 Å². The molecule has 160 valence electrons. The Morgan fingerprint density at radius 2 is 1.90 bits per heavy atom. The Balaban J connectivity index is 1.29. The predicted octanol–water partition coefficient (Wildman–Crippen LogP) is 3.46. The average Bonchev–Trinajstić information content (AvgIpc) is 3.05. The molecule has 3 aromatic rings. The first-order chi connectivity index (χ1) is 15.0. The lowest BCUT2D eigenvalue weighted by Crippen LogP contribution is -2.44. The van der Waals surface area contributed by atoms with Crippen LogP contribution in [-0.2, 0) is 6.42 Å². The summed E-state index contributed by atoms with van der Waals surface area (Å²) in [5.41, 5.74) is 17.6. The van der Waals surface area contributed by atoms with Crippen LogP contribution < -0.4 is 16.4 Å². The summed E-state index contributed by atoms with van der Waals surface area (Å²) in [7, 11) is 0. The molecule has 1 atom stereocenters. The zero-order chi connectivity index (χ0) is 21.6. The van der Waals surface area contributed by atoms with Crippen LogP contribution in [0.3, 0.4) is 0 Å². The number of hydrogen-bond acceptors (Lipinski definition) is 8. The SMILES string of the molecule is Cc1nccc(Sc2ncc(N3CCC4(CC3)Cc3ncccc3C4N)nc2N)c1C. The zero-order valence-electron chi connectivity index (χ0n) is 17.9. The van der Waals surface area contributed by atoms with Crippen LogP contribution in [0, 0.1) is 19.3 Å². The molecule has 1 spiro atoms. The molecule has 4 N–H and O–H groups in total. The van der Waals surface area contributed by atoms with Crippen LogP contribution >= 0.6 is 11.8 Å². The number of nitrogens with zero attached hydrogens (tertiary/aromatic N) is 5. The van der Waals surface area contributed by atoms with Gasteiger partial charge in [-0.1, -0.05) is 17.8 Å². The molecular formula is C23H27N7S. The number of nitrogen functional groups attached to an aromatic ring is 1. The predicted molar refractivity (Wildman–Crippen MR) is 123 cm³/mol. The zero-order valence-corrected chi connectivity index (χ0v) is 18.7. The van der Waals surface area contributed by atoms with Crippen molar-refractivity contribution in [3.05, 3.63) is 59.3 Å². The Morgan fingerprint density at radius 1 is 1.10 bits per heavy atom. The lowest BCUT2D eigenvalue weighted by Gasteiger charge is -2.42. The molecule has 1 aliphatic carbocycles. The number of rotatable bonds is 3. The van der Waals surface area contributed by atoms with E-state index in [4.69, 9.17) is 11.5 Å². The molecule has 4 heterocycles. The minimum absolute atomic E-state index is 0.0559. The number of aromatic nitrogens is 4. The minimum Gasteiger partial charge on any atom is -0.381 e. The first-order valence-electron chi connectivity index (χ1n) is 10.6. The summed E-state index contributed by atoms with van der Waals surface area (Å²) in [4.78, 5) is 21.6. The van der Waals surface area contributed by atoms with Gasteiger partial charge in [-0.05, 0) is 61.8 Å². The number of hydrogen-bond donors (Lipinski definition) is 2. The molecule has 1 unspecified atom stereocenters. The van der Waals surface area contributed by atoms with Crippen LogP contribution in [0.4, 0.5) is 11.6 Å². The monoisotopic (exact) mass is 433 g/mol. The van der Waals surface area contributed by atoms with Crippen molar-refractivity contribution in [2.45, 2.75) is 49.1 Å². The van der Waals surface area contributed by atoms with Gasteiger partial charge in [0.05, 0.1) is 6.20 Å². The smallest absolute Gasteiger partial charge is 0.158 e. The van der Waals surface area contributed by atoms with Crippen molar-refractivity contribution in [2.24, 2.45) is 11.1 Å². The molecule has 7 nitrogen and oxygen atoms in total. The van der Waals surface area contributed by atoms with Crippen molar-refractivity contribution in [3.63, 3.8) is 0 Å². The number of fused-ring (bicyclic) bond motifs is 1. The molecule has 2 aliphatic rings. The fourth-order valence-electron chi connectivity index (χ4n) is 4.77. The van der Waals surface area contributed by atoms with Crippen molar-refractivity contribution >= 4 is 23.4 Å². The van der Waals surface area contributed by atoms with Crippen LogP contribution in [-0.4, -0.2) is 33.0 Å². The quantitative estimate of drug-likeness (QED) is 0.647. The molecule has 1 fully saturated rings. The summed E-state index contributed by atoms with van der Waals surface area (Å²) in [6.45, 7) is 5.86. The van der Waals surface area contributed by atoms with Crippen molar-refractivity contribution in [2.75, 3.05) is 23.7 Å². The molecule has 0 saturated carbocycles. The number of nitrogens with two attached hydrogens (primary N) is 2. The highest BCUT2D eigenvalue weighted by atomic mass is 32.2. The van der Waals surface area contributed by atoms with E-state index in [2.05, 4.69) is 37.8 Å². The van der Waals surface area contributed by atoms with Gasteiger partial charge in [-0.3, -0.25) is 9.97 Å². The molecular weight excluding hydrogens is 406 g/mol. The second-order valence-electron chi connectivity index (χ2n) is 8.58. The average molecular weight is 434 g/mol. The second kappa shape index (κ2) is 7.76. The van der Waals surface area contributed by atoms with E-state index in [1.54, 1.807) is 0 Å². The summed E-state index contributed by atoms with van der Waals surface area (Å²) in [5, 5.41) is 0.727. The Kier molecular flexibility index (Phi) is 5.06. The van der Waals surface area contributed by atoms with E-state index in [9.17, 15) is 0 Å². The Hall–Kier alpha value is -2.71. The molecule has 0 amide bonds. The highest BCUT2D eigenvalue weighted by molar-refractivity contribution is 7.99. The number of anilines is 2. The first kappa shape index (κ1) is 20.2. The molecule has 0 aromatic carbocycles. The third kappa shape index (κ3) is 3.53. The van der Waals surface area contributed by atoms with E-state index < -0.39 is 0 Å². The first-order valence-corrected chi connectivity index (χ1v) is 11.5. The Morgan fingerprint density at radius 3 is 2.65 bits per heavy atom. The maximum Gasteiger partial charge on any atom is 0.158 e. The van der Waals surface area contributed by atoms with E-state index in [0.29, 0.717) is 5.82 Å². The van der Waals surface area contributed by atoms with Crippen molar-refractivity contribution in [3.8, 4) is 0 Å². The highest BCUT2D eigenvalue weighted by Gasteiger charge is 2.46. The maximum atomic E-state index is 6.67. The highest BCUT2D eigenvalue weighted by Crippen LogP contribution is 2.50. The van der Waals surface area contributed by atoms with E-state index >= 15 is 0 Å². The van der Waals surface area contributed by atoms with Gasteiger partial charge in [0.1, 0.15) is 10.8 Å². The largest absolute Gasteiger partial charge is 0.381 e. The van der Waals surface area contributed by atoms with Crippen LogP contribution in [0.1, 0.15) is 41.4 Å². The van der Waals surface area contributed by atoms with E-state index in [0.717, 1.165) is 65.0 Å². The fourth-order valence-corrected chi connectivity index (χ4v) is 5.66. The van der Waals surface area contributed by atoms with Crippen LogP contribution in [0.5, 0.6) is 0 Å². The van der Waals surface area contributed by atoms with Gasteiger partial charge in [0, 0.05) is 47.8 Å². The Bertz CT molecular complexity index is 1120. The summed E-state index contributed by atoms with van der Waals surface area (Å²) < 4.78 is 0. The Labute approximate surface area is 186 Å². The normalized spacial score (nSPS) is 19.6. The van der Waals surface area contributed by atoms with Gasteiger partial charge < -0.3 is 16.4 Å². The topological polar surface area (TPSA) is 107 Å². The fraction of sp³-hybridized carbons (Fsp3) is 0.391. The van der Waals surface area contributed by atoms with Gasteiger partial charge >= 0.3 is 0 Å². The van der Waals surface area contributed by atoms with Gasteiger partial charge in [-0.15, -0.1) is 0 Å². The van der Waals surface area contributed by atoms with Gasteiger partial charge in [0.2, 0.25) is 0 Å². The van der Waals surface area contributed by atoms with Crippen LogP contribution in [0.2, 0.25) is 0 Å². The standard InChI is InChI=1S/C23H27N7S/c1-14-15(2)26-9-5-18(14)31-22-21(25)29-19(13-28-22)30-10-6-23(7-11-30)12-17-16(20(23)24)4-3-8-27-17/h3-5,8-9,13,20H,6-7,10-12,24H2,1-2H3,(H2,25,29). The summed E-state index contributed by atoms with van der Waals surface area (Å²) in [5.74, 6) is 1.30. The molecule has 0 bridgehead atoms. The molecule has 1 aliphatic heterocycles. The molecule has 8 heteroatoms. The van der Waals surface area contributed by atoms with Gasteiger partial charge in [0.25, 0.3) is 0 Å². The van der Waals surface area contributed by atoms with E-state index in [1.807, 2.05) is 37.6 Å². The third-order valence-corrected chi connectivity index (χ3v) is 8.06. The lowest BCUT2D eigenvalue weighted by molar-refractivity contribution is 0.186. The van der Waals surface area contributed by atoms with Crippen LogP contribution in [0.15, 0.2) is 46.7 Å². The lowest BCUT2D eigenvalue weighted by atomic mass is 9.73. The van der Waals surface area contributed by atoms with Gasteiger partial charge in [-0.2, -0.15) is 0 Å². The molecule has 5 rings (SSSR count).